The molecule has 0 aromatic heterocycles. The van der Waals surface area contributed by atoms with Gasteiger partial charge in [-0.2, -0.15) is 0 Å². The third-order valence-corrected chi connectivity index (χ3v) is 7.74. The molecule has 4 rings (SSSR count). The molecule has 0 aliphatic heterocycles. The number of hydrogen-bond donors (Lipinski definition) is 0. The first kappa shape index (κ1) is 34.3. The number of alkyl halides is 6. The molecule has 0 aliphatic carbocycles. The van der Waals surface area contributed by atoms with Crippen molar-refractivity contribution in [2.24, 2.45) is 0 Å². The van der Waals surface area contributed by atoms with Crippen molar-refractivity contribution < 1.29 is 18.9 Å². The standard InChI is InChI=1S/2C16H15Cl3O2/c1-20-13-7-3-11(4-8-13)15(16(17,18)19)12-5-9-14(21-2)10-6-12;1-20-13-10-6-9-12(15(13)21-2)14(16(17,18)19)11-7-4-3-5-8-11/h3-10,15H,1-2H3;3-10,14H,1-2H3. The van der Waals surface area contributed by atoms with Crippen LogP contribution in [0.15, 0.2) is 97.1 Å². The lowest BCUT2D eigenvalue weighted by atomic mass is 9.91. The summed E-state index contributed by atoms with van der Waals surface area (Å²) in [6, 6.07) is 30.1. The van der Waals surface area contributed by atoms with Crippen molar-refractivity contribution in [2.45, 2.75) is 19.4 Å². The van der Waals surface area contributed by atoms with Crippen molar-refractivity contribution in [2.75, 3.05) is 28.4 Å². The van der Waals surface area contributed by atoms with Crippen LogP contribution in [0.4, 0.5) is 0 Å². The molecule has 0 heterocycles. The highest BCUT2D eigenvalue weighted by molar-refractivity contribution is 6.68. The van der Waals surface area contributed by atoms with Gasteiger partial charge in [-0.15, -0.1) is 0 Å². The van der Waals surface area contributed by atoms with Crippen molar-refractivity contribution in [3.05, 3.63) is 119 Å². The first-order valence-electron chi connectivity index (χ1n) is 12.6. The number of methoxy groups -OCH3 is 4. The van der Waals surface area contributed by atoms with E-state index < -0.39 is 13.5 Å². The minimum atomic E-state index is -1.51. The monoisotopic (exact) mass is 688 g/mol. The minimum Gasteiger partial charge on any atom is -0.497 e. The number of hydrogen-bond acceptors (Lipinski definition) is 4. The molecule has 4 nitrogen and oxygen atoms in total. The van der Waals surface area contributed by atoms with Gasteiger partial charge in [0.05, 0.1) is 40.3 Å². The van der Waals surface area contributed by atoms with Crippen LogP contribution in [-0.2, 0) is 0 Å². The molecule has 0 saturated carbocycles. The molecule has 0 aliphatic rings. The lowest BCUT2D eigenvalue weighted by molar-refractivity contribution is 0.350. The summed E-state index contributed by atoms with van der Waals surface area (Å²) >= 11 is 37.2. The van der Waals surface area contributed by atoms with Gasteiger partial charge < -0.3 is 18.9 Å². The van der Waals surface area contributed by atoms with Gasteiger partial charge in [-0.25, -0.2) is 0 Å². The lowest BCUT2D eigenvalue weighted by Crippen LogP contribution is -2.19. The van der Waals surface area contributed by atoms with Gasteiger partial charge in [0.15, 0.2) is 11.5 Å². The molecule has 1 unspecified atom stereocenters. The topological polar surface area (TPSA) is 36.9 Å². The van der Waals surface area contributed by atoms with Crippen LogP contribution in [0.25, 0.3) is 0 Å². The van der Waals surface area contributed by atoms with Crippen LogP contribution in [0, 0.1) is 0 Å². The van der Waals surface area contributed by atoms with E-state index in [0.717, 1.165) is 33.8 Å². The zero-order valence-corrected chi connectivity index (χ0v) is 27.8. The van der Waals surface area contributed by atoms with E-state index in [9.17, 15) is 0 Å². The van der Waals surface area contributed by atoms with Crippen molar-refractivity contribution in [1.29, 1.82) is 0 Å². The second-order valence-corrected chi connectivity index (χ2v) is 13.7. The Kier molecular flexibility index (Phi) is 12.7. The van der Waals surface area contributed by atoms with E-state index in [4.69, 9.17) is 88.6 Å². The average molecular weight is 691 g/mol. The Labute approximate surface area is 277 Å². The fraction of sp³-hybridized carbons (Fsp3) is 0.250. The van der Waals surface area contributed by atoms with Crippen LogP contribution >= 0.6 is 69.6 Å². The number of rotatable bonds is 8. The predicted octanol–water partition coefficient (Wildman–Crippen LogP) is 10.4. The highest BCUT2D eigenvalue weighted by Gasteiger charge is 2.38. The number of para-hydroxylation sites is 1. The summed E-state index contributed by atoms with van der Waals surface area (Å²) in [5.41, 5.74) is 3.47. The van der Waals surface area contributed by atoms with Gasteiger partial charge in [0, 0.05) is 5.56 Å². The Bertz CT molecular complexity index is 1340. The minimum absolute atomic E-state index is 0.376. The van der Waals surface area contributed by atoms with E-state index >= 15 is 0 Å². The summed E-state index contributed by atoms with van der Waals surface area (Å²) in [7, 11) is 6.38. The Morgan fingerprint density at radius 1 is 0.452 bits per heavy atom. The van der Waals surface area contributed by atoms with E-state index in [-0.39, 0.29) is 5.92 Å². The molecule has 42 heavy (non-hydrogen) atoms. The van der Waals surface area contributed by atoms with Gasteiger partial charge in [-0.05, 0) is 47.0 Å². The first-order chi connectivity index (χ1) is 19.9. The Morgan fingerprint density at radius 3 is 1.29 bits per heavy atom. The Hall–Kier alpha value is -2.18. The molecule has 0 amide bonds. The maximum Gasteiger partial charge on any atom is 0.201 e. The smallest absolute Gasteiger partial charge is 0.201 e. The summed E-state index contributed by atoms with van der Waals surface area (Å²) in [5, 5.41) is 0. The molecule has 0 fully saturated rings. The highest BCUT2D eigenvalue weighted by atomic mass is 35.6. The SMILES string of the molecule is COc1ccc(C(c2ccc(OC)cc2)C(Cl)(Cl)Cl)cc1.COc1cccc(C(c2ccccc2)C(Cl)(Cl)Cl)c1OC. The fourth-order valence-corrected chi connectivity index (χ4v) is 5.98. The van der Waals surface area contributed by atoms with Crippen LogP contribution < -0.4 is 18.9 Å². The van der Waals surface area contributed by atoms with Gasteiger partial charge in [-0.3, -0.25) is 0 Å². The quantitative estimate of drug-likeness (QED) is 0.173. The summed E-state index contributed by atoms with van der Waals surface area (Å²) in [5.74, 6) is 1.85. The van der Waals surface area contributed by atoms with Crippen LogP contribution in [-0.4, -0.2) is 36.0 Å². The molecular weight excluding hydrogens is 661 g/mol. The highest BCUT2D eigenvalue weighted by Crippen LogP contribution is 2.50. The normalized spacial score (nSPS) is 12.2. The molecular formula is C32H30Cl6O4. The van der Waals surface area contributed by atoms with Crippen molar-refractivity contribution in [3.63, 3.8) is 0 Å². The third kappa shape index (κ3) is 8.92. The van der Waals surface area contributed by atoms with Gasteiger partial charge in [-0.1, -0.05) is 136 Å². The molecule has 224 valence electrons. The van der Waals surface area contributed by atoms with Gasteiger partial charge in [0.25, 0.3) is 0 Å². The summed E-state index contributed by atoms with van der Waals surface area (Å²) in [6.45, 7) is 0. The van der Waals surface area contributed by atoms with Crippen LogP contribution in [0.2, 0.25) is 0 Å². The second kappa shape index (κ2) is 15.5. The largest absolute Gasteiger partial charge is 0.497 e. The van der Waals surface area contributed by atoms with E-state index in [1.165, 1.54) is 0 Å². The number of benzene rings is 4. The molecule has 10 heteroatoms. The van der Waals surface area contributed by atoms with E-state index in [1.54, 1.807) is 28.4 Å². The molecule has 0 radical (unpaired) electrons. The number of halogens is 6. The second-order valence-electron chi connectivity index (χ2n) is 8.99. The zero-order valence-electron chi connectivity index (χ0n) is 23.3. The summed E-state index contributed by atoms with van der Waals surface area (Å²) < 4.78 is 18.1. The van der Waals surface area contributed by atoms with Crippen molar-refractivity contribution >= 4 is 69.6 Å². The van der Waals surface area contributed by atoms with Crippen LogP contribution in [0.5, 0.6) is 23.0 Å². The zero-order chi connectivity index (χ0) is 30.9. The third-order valence-electron chi connectivity index (χ3n) is 6.43. The molecule has 0 bridgehead atoms. The summed E-state index contributed by atoms with van der Waals surface area (Å²) in [4.78, 5) is 0. The lowest BCUT2D eigenvalue weighted by Gasteiger charge is -2.27. The molecule has 4 aromatic carbocycles. The Balaban J connectivity index is 0.000000230. The maximum absolute atomic E-state index is 6.23. The first-order valence-corrected chi connectivity index (χ1v) is 14.9. The average Bonchev–Trinajstić information content (AvgIpc) is 2.97. The Morgan fingerprint density at radius 2 is 0.905 bits per heavy atom. The fourth-order valence-electron chi connectivity index (χ4n) is 4.49. The predicted molar refractivity (Wildman–Crippen MR) is 176 cm³/mol. The van der Waals surface area contributed by atoms with Crippen LogP contribution in [0.3, 0.4) is 0 Å². The molecule has 0 spiro atoms. The molecule has 4 aromatic rings. The molecule has 0 N–H and O–H groups in total. The van der Waals surface area contributed by atoms with Gasteiger partial charge in [0.1, 0.15) is 11.5 Å². The molecule has 1 atom stereocenters. The van der Waals surface area contributed by atoms with E-state index in [2.05, 4.69) is 0 Å². The van der Waals surface area contributed by atoms with E-state index in [1.807, 2.05) is 97.1 Å². The van der Waals surface area contributed by atoms with E-state index in [0.29, 0.717) is 11.5 Å². The van der Waals surface area contributed by atoms with Gasteiger partial charge in [0.2, 0.25) is 7.59 Å². The summed E-state index contributed by atoms with van der Waals surface area (Å²) in [6.07, 6.45) is 0. The maximum atomic E-state index is 6.23. The van der Waals surface area contributed by atoms with Crippen molar-refractivity contribution in [3.8, 4) is 23.0 Å². The van der Waals surface area contributed by atoms with Crippen LogP contribution in [0.1, 0.15) is 34.1 Å². The van der Waals surface area contributed by atoms with Gasteiger partial charge >= 0.3 is 0 Å². The van der Waals surface area contributed by atoms with Crippen molar-refractivity contribution in [1.82, 2.24) is 0 Å². The number of ether oxygens (including phenoxy) is 4. The molecule has 0 saturated heterocycles.